The van der Waals surface area contributed by atoms with E-state index in [-0.39, 0.29) is 5.41 Å². The first-order chi connectivity index (χ1) is 9.01. The number of benzene rings is 1. The summed E-state index contributed by atoms with van der Waals surface area (Å²) in [4.78, 5) is 0. The van der Waals surface area contributed by atoms with Crippen LogP contribution in [0.4, 0.5) is 0 Å². The summed E-state index contributed by atoms with van der Waals surface area (Å²) in [7, 11) is 1.70. The van der Waals surface area contributed by atoms with E-state index in [9.17, 15) is 0 Å². The molecule has 0 saturated heterocycles. The molecule has 0 amide bonds. The van der Waals surface area contributed by atoms with Gasteiger partial charge in [0.1, 0.15) is 5.75 Å². The summed E-state index contributed by atoms with van der Waals surface area (Å²) >= 11 is 0. The molecule has 0 N–H and O–H groups in total. The van der Waals surface area contributed by atoms with E-state index < -0.39 is 0 Å². The van der Waals surface area contributed by atoms with Crippen LogP contribution in [0.3, 0.4) is 0 Å². The molecule has 0 spiro atoms. The molecule has 0 saturated carbocycles. The van der Waals surface area contributed by atoms with Gasteiger partial charge in [-0.1, -0.05) is 42.9 Å². The average Bonchev–Trinajstić information content (AvgIpc) is 2.38. The summed E-state index contributed by atoms with van der Waals surface area (Å²) < 4.78 is 5.23. The number of hydrogen-bond acceptors (Lipinski definition) is 1. The SMILES string of the molecule is C/C=C/[C@@](C)(CCC=C(C)C)c1ccc(OC)cc1. The van der Waals surface area contributed by atoms with Crippen molar-refractivity contribution in [3.63, 3.8) is 0 Å². The van der Waals surface area contributed by atoms with Gasteiger partial charge in [0.2, 0.25) is 0 Å². The monoisotopic (exact) mass is 258 g/mol. The molecule has 1 heteroatoms. The van der Waals surface area contributed by atoms with Crippen LogP contribution in [0, 0.1) is 0 Å². The number of rotatable bonds is 6. The van der Waals surface area contributed by atoms with Crippen LogP contribution >= 0.6 is 0 Å². The van der Waals surface area contributed by atoms with Crippen molar-refractivity contribution in [2.45, 2.75) is 46.0 Å². The maximum Gasteiger partial charge on any atom is 0.118 e. The van der Waals surface area contributed by atoms with Crippen molar-refractivity contribution in [2.24, 2.45) is 0 Å². The smallest absolute Gasteiger partial charge is 0.118 e. The topological polar surface area (TPSA) is 9.23 Å². The molecule has 104 valence electrons. The molecule has 0 aliphatic carbocycles. The molecule has 1 atom stereocenters. The van der Waals surface area contributed by atoms with Crippen molar-refractivity contribution < 1.29 is 4.74 Å². The number of ether oxygens (including phenoxy) is 1. The molecule has 0 aromatic heterocycles. The fourth-order valence-corrected chi connectivity index (χ4v) is 2.32. The minimum Gasteiger partial charge on any atom is -0.497 e. The first-order valence-electron chi connectivity index (χ1n) is 6.93. The summed E-state index contributed by atoms with van der Waals surface area (Å²) in [5, 5.41) is 0. The summed E-state index contributed by atoms with van der Waals surface area (Å²) in [5.41, 5.74) is 2.82. The lowest BCUT2D eigenvalue weighted by Gasteiger charge is -2.26. The van der Waals surface area contributed by atoms with Crippen LogP contribution in [0.5, 0.6) is 5.75 Å². The van der Waals surface area contributed by atoms with E-state index in [1.165, 1.54) is 11.1 Å². The highest BCUT2D eigenvalue weighted by Crippen LogP contribution is 2.32. The Kier molecular flexibility index (Phi) is 5.88. The molecule has 1 aromatic rings. The van der Waals surface area contributed by atoms with Crippen LogP contribution in [0.15, 0.2) is 48.1 Å². The minimum absolute atomic E-state index is 0.0902. The predicted molar refractivity (Wildman–Crippen MR) is 83.8 cm³/mol. The molecule has 0 radical (unpaired) electrons. The van der Waals surface area contributed by atoms with Crippen LogP contribution in [0.25, 0.3) is 0 Å². The third-order valence-electron chi connectivity index (χ3n) is 3.50. The fourth-order valence-electron chi connectivity index (χ4n) is 2.32. The van der Waals surface area contributed by atoms with Gasteiger partial charge in [-0.05, 0) is 51.3 Å². The summed E-state index contributed by atoms with van der Waals surface area (Å²) in [5.74, 6) is 0.913. The maximum absolute atomic E-state index is 5.23. The van der Waals surface area contributed by atoms with Crippen molar-refractivity contribution >= 4 is 0 Å². The van der Waals surface area contributed by atoms with Crippen molar-refractivity contribution in [2.75, 3.05) is 7.11 Å². The maximum atomic E-state index is 5.23. The number of hydrogen-bond donors (Lipinski definition) is 0. The van der Waals surface area contributed by atoms with Crippen LogP contribution in [0.1, 0.15) is 46.1 Å². The Hall–Kier alpha value is -1.50. The normalized spacial score (nSPS) is 14.2. The van der Waals surface area contributed by atoms with Gasteiger partial charge < -0.3 is 4.74 Å². The molecule has 0 fully saturated rings. The van der Waals surface area contributed by atoms with Gasteiger partial charge in [0, 0.05) is 5.41 Å². The van der Waals surface area contributed by atoms with Gasteiger partial charge in [0.25, 0.3) is 0 Å². The first-order valence-corrected chi connectivity index (χ1v) is 6.93. The fraction of sp³-hybridized carbons (Fsp3) is 0.444. The molecule has 19 heavy (non-hydrogen) atoms. The van der Waals surface area contributed by atoms with E-state index in [1.807, 2.05) is 12.1 Å². The molecule has 0 aliphatic heterocycles. The summed E-state index contributed by atoms with van der Waals surface area (Å²) in [6.45, 7) is 8.69. The second kappa shape index (κ2) is 7.18. The molecular formula is C18H26O. The second-order valence-electron chi connectivity index (χ2n) is 5.47. The lowest BCUT2D eigenvalue weighted by molar-refractivity contribution is 0.414. The number of allylic oxidation sites excluding steroid dienone is 4. The third-order valence-corrected chi connectivity index (χ3v) is 3.50. The molecule has 0 heterocycles. The Morgan fingerprint density at radius 1 is 1.21 bits per heavy atom. The molecule has 1 nitrogen and oxygen atoms in total. The van der Waals surface area contributed by atoms with Crippen molar-refractivity contribution in [3.8, 4) is 5.75 Å². The van der Waals surface area contributed by atoms with E-state index in [0.717, 1.165) is 18.6 Å². The Morgan fingerprint density at radius 3 is 2.32 bits per heavy atom. The Bertz CT molecular complexity index is 435. The first kappa shape index (κ1) is 15.6. The van der Waals surface area contributed by atoms with E-state index in [4.69, 9.17) is 4.74 Å². The second-order valence-corrected chi connectivity index (χ2v) is 5.47. The predicted octanol–water partition coefficient (Wildman–Crippen LogP) is 5.28. The van der Waals surface area contributed by atoms with E-state index in [2.05, 4.69) is 58.1 Å². The van der Waals surface area contributed by atoms with Crippen molar-refractivity contribution in [3.05, 3.63) is 53.6 Å². The molecule has 0 unspecified atom stereocenters. The Balaban J connectivity index is 2.93. The minimum atomic E-state index is 0.0902. The third kappa shape index (κ3) is 4.59. The van der Waals surface area contributed by atoms with Gasteiger partial charge in [-0.2, -0.15) is 0 Å². The van der Waals surface area contributed by atoms with Gasteiger partial charge in [-0.3, -0.25) is 0 Å². The van der Waals surface area contributed by atoms with E-state index >= 15 is 0 Å². The average molecular weight is 258 g/mol. The molecule has 1 aromatic carbocycles. The number of methoxy groups -OCH3 is 1. The summed E-state index contributed by atoms with van der Waals surface area (Å²) in [6, 6.07) is 8.42. The molecule has 0 aliphatic rings. The zero-order valence-corrected chi connectivity index (χ0v) is 12.9. The van der Waals surface area contributed by atoms with Gasteiger partial charge >= 0.3 is 0 Å². The molecule has 1 rings (SSSR count). The van der Waals surface area contributed by atoms with Gasteiger partial charge in [0.05, 0.1) is 7.11 Å². The van der Waals surface area contributed by atoms with Crippen LogP contribution in [-0.4, -0.2) is 7.11 Å². The largest absolute Gasteiger partial charge is 0.497 e. The Labute approximate surface area is 118 Å². The zero-order chi connectivity index (χ0) is 14.3. The van der Waals surface area contributed by atoms with E-state index in [1.54, 1.807) is 7.11 Å². The molecule has 0 bridgehead atoms. The van der Waals surface area contributed by atoms with Crippen LogP contribution in [-0.2, 0) is 5.41 Å². The van der Waals surface area contributed by atoms with Gasteiger partial charge in [-0.15, -0.1) is 0 Å². The molecular weight excluding hydrogens is 232 g/mol. The quantitative estimate of drug-likeness (QED) is 0.631. The standard InChI is InChI=1S/C18H26O/c1-6-13-18(4,14-7-8-15(2)3)16-9-11-17(19-5)12-10-16/h6,8-13H,7,14H2,1-5H3/b13-6+/t18-/m0/s1. The van der Waals surface area contributed by atoms with Gasteiger partial charge in [-0.25, -0.2) is 0 Å². The lowest BCUT2D eigenvalue weighted by atomic mass is 9.78. The summed E-state index contributed by atoms with van der Waals surface area (Å²) in [6.07, 6.45) is 8.98. The highest BCUT2D eigenvalue weighted by molar-refractivity contribution is 5.35. The lowest BCUT2D eigenvalue weighted by Crippen LogP contribution is -2.18. The zero-order valence-electron chi connectivity index (χ0n) is 12.9. The van der Waals surface area contributed by atoms with Crippen molar-refractivity contribution in [1.29, 1.82) is 0 Å². The van der Waals surface area contributed by atoms with Crippen molar-refractivity contribution in [1.82, 2.24) is 0 Å². The van der Waals surface area contributed by atoms with Gasteiger partial charge in [0.15, 0.2) is 0 Å². The van der Waals surface area contributed by atoms with E-state index in [0.29, 0.717) is 0 Å². The van der Waals surface area contributed by atoms with Crippen LogP contribution in [0.2, 0.25) is 0 Å². The highest BCUT2D eigenvalue weighted by Gasteiger charge is 2.22. The highest BCUT2D eigenvalue weighted by atomic mass is 16.5. The Morgan fingerprint density at radius 2 is 1.84 bits per heavy atom. The van der Waals surface area contributed by atoms with Crippen LogP contribution < -0.4 is 4.74 Å².